The van der Waals surface area contributed by atoms with Gasteiger partial charge in [-0.15, -0.1) is 0 Å². The molecular weight excluding hydrogens is 216 g/mol. The van der Waals surface area contributed by atoms with E-state index in [-0.39, 0.29) is 10.6 Å². The largest absolute Gasteiger partial charge is 0.299 e. The van der Waals surface area contributed by atoms with Gasteiger partial charge in [-0.05, 0) is 38.3 Å². The number of hydrogen-bond donors (Lipinski definition) is 0. The summed E-state index contributed by atoms with van der Waals surface area (Å²) >= 11 is 0. The van der Waals surface area contributed by atoms with E-state index in [1.165, 1.54) is 18.9 Å². The van der Waals surface area contributed by atoms with Gasteiger partial charge in [0.2, 0.25) is 0 Å². The van der Waals surface area contributed by atoms with Gasteiger partial charge >= 0.3 is 0 Å². The third kappa shape index (κ3) is 3.03. The van der Waals surface area contributed by atoms with Crippen LogP contribution >= 0.6 is 0 Å². The van der Waals surface area contributed by atoms with Crippen molar-refractivity contribution in [3.05, 3.63) is 39.9 Å². The maximum atomic E-state index is 10.7. The average molecular weight is 234 g/mol. The third-order valence-electron chi connectivity index (χ3n) is 3.55. The number of non-ortho nitro benzene ring substituents is 1. The third-order valence-corrected chi connectivity index (χ3v) is 3.55. The summed E-state index contributed by atoms with van der Waals surface area (Å²) in [5.41, 5.74) is 1.18. The van der Waals surface area contributed by atoms with Crippen LogP contribution in [-0.2, 0) is 6.54 Å². The van der Waals surface area contributed by atoms with Crippen molar-refractivity contribution in [2.75, 3.05) is 7.05 Å². The molecule has 0 N–H and O–H groups in total. The molecule has 0 aliphatic heterocycles. The van der Waals surface area contributed by atoms with Gasteiger partial charge in [-0.25, -0.2) is 0 Å². The van der Waals surface area contributed by atoms with Crippen LogP contribution in [0.25, 0.3) is 0 Å². The zero-order valence-electron chi connectivity index (χ0n) is 10.3. The smallest absolute Gasteiger partial charge is 0.269 e. The Kier molecular flexibility index (Phi) is 3.43. The van der Waals surface area contributed by atoms with E-state index >= 15 is 0 Å². The molecule has 0 radical (unpaired) electrons. The molecule has 1 fully saturated rings. The van der Waals surface area contributed by atoms with Crippen molar-refractivity contribution < 1.29 is 4.92 Å². The standard InChI is InChI=1S/C13H18N2O2/c1-10(12-6-7-12)14(2)9-11-4-3-5-13(8-11)15(16)17/h3-5,8,10,12H,6-7,9H2,1-2H3. The summed E-state index contributed by atoms with van der Waals surface area (Å²) in [6, 6.07) is 7.46. The van der Waals surface area contributed by atoms with Crippen LogP contribution in [0.5, 0.6) is 0 Å². The van der Waals surface area contributed by atoms with E-state index in [0.29, 0.717) is 6.04 Å². The summed E-state index contributed by atoms with van der Waals surface area (Å²) in [5.74, 6) is 0.818. The van der Waals surface area contributed by atoms with Crippen molar-refractivity contribution in [2.45, 2.75) is 32.4 Å². The lowest BCUT2D eigenvalue weighted by Crippen LogP contribution is -2.30. The van der Waals surface area contributed by atoms with E-state index in [9.17, 15) is 10.1 Å². The van der Waals surface area contributed by atoms with Gasteiger partial charge in [-0.2, -0.15) is 0 Å². The summed E-state index contributed by atoms with van der Waals surface area (Å²) < 4.78 is 0. The van der Waals surface area contributed by atoms with Gasteiger partial charge in [-0.3, -0.25) is 15.0 Å². The molecule has 1 aliphatic rings. The molecule has 1 aliphatic carbocycles. The van der Waals surface area contributed by atoms with Crippen LogP contribution < -0.4 is 0 Å². The monoisotopic (exact) mass is 234 g/mol. The zero-order valence-corrected chi connectivity index (χ0v) is 10.3. The highest BCUT2D eigenvalue weighted by molar-refractivity contribution is 5.34. The molecule has 0 amide bonds. The summed E-state index contributed by atoms with van der Waals surface area (Å²) in [6.07, 6.45) is 2.64. The van der Waals surface area contributed by atoms with Crippen LogP contribution in [0.1, 0.15) is 25.3 Å². The fraction of sp³-hybridized carbons (Fsp3) is 0.538. The highest BCUT2D eigenvalue weighted by atomic mass is 16.6. The zero-order chi connectivity index (χ0) is 12.4. The van der Waals surface area contributed by atoms with Crippen LogP contribution in [0.2, 0.25) is 0 Å². The highest BCUT2D eigenvalue weighted by Gasteiger charge is 2.30. The topological polar surface area (TPSA) is 46.4 Å². The van der Waals surface area contributed by atoms with Crippen molar-refractivity contribution in [2.24, 2.45) is 5.92 Å². The Morgan fingerprint density at radius 2 is 2.24 bits per heavy atom. The number of rotatable bonds is 5. The first kappa shape index (κ1) is 12.0. The van der Waals surface area contributed by atoms with Crippen LogP contribution in [0, 0.1) is 16.0 Å². The Labute approximate surface area is 101 Å². The first-order valence-corrected chi connectivity index (χ1v) is 6.01. The number of nitro benzene ring substituents is 1. The molecule has 0 heterocycles. The molecule has 4 nitrogen and oxygen atoms in total. The molecule has 0 bridgehead atoms. The minimum Gasteiger partial charge on any atom is -0.299 e. The van der Waals surface area contributed by atoms with Gasteiger partial charge in [0.15, 0.2) is 0 Å². The van der Waals surface area contributed by atoms with Gasteiger partial charge in [0.05, 0.1) is 4.92 Å². The predicted molar refractivity (Wildman–Crippen MR) is 66.7 cm³/mol. The molecule has 4 heteroatoms. The maximum Gasteiger partial charge on any atom is 0.269 e. The average Bonchev–Trinajstić information content (AvgIpc) is 3.12. The van der Waals surface area contributed by atoms with Crippen molar-refractivity contribution in [1.29, 1.82) is 0 Å². The second-order valence-electron chi connectivity index (χ2n) is 4.92. The minimum atomic E-state index is -0.339. The second-order valence-corrected chi connectivity index (χ2v) is 4.92. The Balaban J connectivity index is 2.02. The van der Waals surface area contributed by atoms with Gasteiger partial charge < -0.3 is 0 Å². The molecule has 0 spiro atoms. The molecule has 17 heavy (non-hydrogen) atoms. The van der Waals surface area contributed by atoms with Crippen LogP contribution in [0.15, 0.2) is 24.3 Å². The number of benzene rings is 1. The molecule has 1 aromatic carbocycles. The molecule has 2 rings (SSSR count). The molecule has 1 aromatic rings. The highest BCUT2D eigenvalue weighted by Crippen LogP contribution is 2.35. The first-order chi connectivity index (χ1) is 8.08. The van der Waals surface area contributed by atoms with E-state index < -0.39 is 0 Å². The van der Waals surface area contributed by atoms with E-state index in [1.807, 2.05) is 6.07 Å². The van der Waals surface area contributed by atoms with Gasteiger partial charge in [-0.1, -0.05) is 12.1 Å². The summed E-state index contributed by atoms with van der Waals surface area (Å²) in [4.78, 5) is 12.6. The van der Waals surface area contributed by atoms with Crippen LogP contribution in [-0.4, -0.2) is 22.9 Å². The second kappa shape index (κ2) is 4.84. The molecular formula is C13H18N2O2. The van der Waals surface area contributed by atoms with Gasteiger partial charge in [0.25, 0.3) is 5.69 Å². The summed E-state index contributed by atoms with van der Waals surface area (Å²) in [7, 11) is 2.09. The summed E-state index contributed by atoms with van der Waals surface area (Å²) in [6.45, 7) is 3.01. The van der Waals surface area contributed by atoms with Crippen LogP contribution in [0.4, 0.5) is 5.69 Å². The minimum absolute atomic E-state index is 0.176. The van der Waals surface area contributed by atoms with Crippen LogP contribution in [0.3, 0.4) is 0 Å². The van der Waals surface area contributed by atoms with Gasteiger partial charge in [0.1, 0.15) is 0 Å². The number of nitro groups is 1. The lowest BCUT2D eigenvalue weighted by atomic mass is 10.1. The molecule has 0 saturated heterocycles. The number of hydrogen-bond acceptors (Lipinski definition) is 3. The van der Waals surface area contributed by atoms with E-state index in [0.717, 1.165) is 18.0 Å². The molecule has 1 unspecified atom stereocenters. The Hall–Kier alpha value is -1.42. The van der Waals surface area contributed by atoms with Crippen molar-refractivity contribution >= 4 is 5.69 Å². The maximum absolute atomic E-state index is 10.7. The van der Waals surface area contributed by atoms with Crippen molar-refractivity contribution in [3.8, 4) is 0 Å². The summed E-state index contributed by atoms with van der Waals surface area (Å²) in [5, 5.41) is 10.7. The predicted octanol–water partition coefficient (Wildman–Crippen LogP) is 2.83. The van der Waals surface area contributed by atoms with Crippen molar-refractivity contribution in [3.63, 3.8) is 0 Å². The SMILES string of the molecule is CC(C1CC1)N(C)Cc1cccc([N+](=O)[O-])c1. The molecule has 0 aromatic heterocycles. The normalized spacial score (nSPS) is 17.1. The lowest BCUT2D eigenvalue weighted by Gasteiger charge is -2.24. The fourth-order valence-corrected chi connectivity index (χ4v) is 2.14. The Morgan fingerprint density at radius 1 is 1.53 bits per heavy atom. The van der Waals surface area contributed by atoms with Crippen molar-refractivity contribution in [1.82, 2.24) is 4.90 Å². The lowest BCUT2D eigenvalue weighted by molar-refractivity contribution is -0.384. The van der Waals surface area contributed by atoms with E-state index in [1.54, 1.807) is 12.1 Å². The molecule has 92 valence electrons. The number of nitrogens with zero attached hydrogens (tertiary/aromatic N) is 2. The van der Waals surface area contributed by atoms with E-state index in [2.05, 4.69) is 18.9 Å². The first-order valence-electron chi connectivity index (χ1n) is 6.01. The molecule has 1 saturated carbocycles. The van der Waals surface area contributed by atoms with Gasteiger partial charge in [0, 0.05) is 24.7 Å². The molecule has 1 atom stereocenters. The quantitative estimate of drug-likeness (QED) is 0.581. The Bertz CT molecular complexity index is 416. The van der Waals surface area contributed by atoms with E-state index in [4.69, 9.17) is 0 Å². The fourth-order valence-electron chi connectivity index (χ4n) is 2.14. The Morgan fingerprint density at radius 3 is 2.82 bits per heavy atom.